The van der Waals surface area contributed by atoms with Crippen molar-refractivity contribution in [2.75, 3.05) is 24.7 Å². The third kappa shape index (κ3) is 2.90. The van der Waals surface area contributed by atoms with Crippen LogP contribution in [-0.2, 0) is 11.3 Å². The van der Waals surface area contributed by atoms with E-state index >= 15 is 0 Å². The van der Waals surface area contributed by atoms with Gasteiger partial charge < -0.3 is 15.0 Å². The number of ether oxygens (including phenoxy) is 1. The topological polar surface area (TPSA) is 37.4 Å². The van der Waals surface area contributed by atoms with E-state index in [1.54, 1.807) is 0 Å². The standard InChI is InChI=1S/C15H23N3O/c1-15(2)11-19-9-8-18(15)14-12(4-3-7-16-14)10-17-13-5-6-13/h3-4,7,13,17H,5-6,8-11H2,1-2H3. The van der Waals surface area contributed by atoms with E-state index in [0.717, 1.165) is 38.2 Å². The lowest BCUT2D eigenvalue weighted by atomic mass is 10.0. The van der Waals surface area contributed by atoms with Crippen molar-refractivity contribution in [2.24, 2.45) is 0 Å². The molecule has 0 bridgehead atoms. The van der Waals surface area contributed by atoms with Gasteiger partial charge in [0.15, 0.2) is 0 Å². The molecular weight excluding hydrogens is 238 g/mol. The number of rotatable bonds is 4. The molecule has 1 saturated heterocycles. The molecule has 0 amide bonds. The Labute approximate surface area is 115 Å². The predicted molar refractivity (Wildman–Crippen MR) is 76.3 cm³/mol. The maximum absolute atomic E-state index is 5.60. The van der Waals surface area contributed by atoms with Gasteiger partial charge in [-0.2, -0.15) is 0 Å². The van der Waals surface area contributed by atoms with Crippen molar-refractivity contribution in [2.45, 2.75) is 44.8 Å². The van der Waals surface area contributed by atoms with Crippen LogP contribution in [0.1, 0.15) is 32.3 Å². The van der Waals surface area contributed by atoms with Gasteiger partial charge in [-0.3, -0.25) is 0 Å². The summed E-state index contributed by atoms with van der Waals surface area (Å²) in [6, 6.07) is 4.94. The zero-order valence-corrected chi connectivity index (χ0v) is 11.9. The molecule has 0 aromatic carbocycles. The molecule has 0 atom stereocenters. The third-order valence-electron chi connectivity index (χ3n) is 3.93. The lowest BCUT2D eigenvalue weighted by Gasteiger charge is -2.43. The molecule has 1 saturated carbocycles. The van der Waals surface area contributed by atoms with Crippen LogP contribution in [0.4, 0.5) is 5.82 Å². The van der Waals surface area contributed by atoms with Gasteiger partial charge in [-0.15, -0.1) is 0 Å². The lowest BCUT2D eigenvalue weighted by molar-refractivity contribution is 0.0638. The Morgan fingerprint density at radius 2 is 2.32 bits per heavy atom. The van der Waals surface area contributed by atoms with E-state index in [-0.39, 0.29) is 5.54 Å². The number of morpholine rings is 1. The molecule has 104 valence electrons. The van der Waals surface area contributed by atoms with E-state index in [2.05, 4.69) is 35.1 Å². The summed E-state index contributed by atoms with van der Waals surface area (Å²) in [5.41, 5.74) is 1.31. The molecule has 4 heteroatoms. The van der Waals surface area contributed by atoms with Crippen LogP contribution in [0.2, 0.25) is 0 Å². The Morgan fingerprint density at radius 3 is 3.05 bits per heavy atom. The van der Waals surface area contributed by atoms with Crippen LogP contribution in [0.15, 0.2) is 18.3 Å². The Morgan fingerprint density at radius 1 is 1.47 bits per heavy atom. The molecule has 0 unspecified atom stereocenters. The SMILES string of the molecule is CC1(C)COCCN1c1ncccc1CNC1CC1. The van der Waals surface area contributed by atoms with Crippen LogP contribution in [-0.4, -0.2) is 36.3 Å². The average molecular weight is 261 g/mol. The Balaban J connectivity index is 1.81. The normalized spacial score (nSPS) is 22.5. The highest BCUT2D eigenvalue weighted by atomic mass is 16.5. The molecule has 3 rings (SSSR count). The van der Waals surface area contributed by atoms with Crippen LogP contribution in [0.25, 0.3) is 0 Å². The van der Waals surface area contributed by atoms with E-state index in [9.17, 15) is 0 Å². The summed E-state index contributed by atoms with van der Waals surface area (Å²) in [7, 11) is 0. The van der Waals surface area contributed by atoms with Crippen molar-refractivity contribution in [1.29, 1.82) is 0 Å². The largest absolute Gasteiger partial charge is 0.377 e. The third-order valence-corrected chi connectivity index (χ3v) is 3.93. The van der Waals surface area contributed by atoms with Crippen molar-refractivity contribution in [1.82, 2.24) is 10.3 Å². The number of hydrogen-bond donors (Lipinski definition) is 1. The molecule has 2 heterocycles. The van der Waals surface area contributed by atoms with E-state index in [0.29, 0.717) is 0 Å². The summed E-state index contributed by atoms with van der Waals surface area (Å²) in [5, 5.41) is 3.58. The predicted octanol–water partition coefficient (Wildman–Crippen LogP) is 1.95. The lowest BCUT2D eigenvalue weighted by Crippen LogP contribution is -2.54. The van der Waals surface area contributed by atoms with Gasteiger partial charge in [-0.25, -0.2) is 4.98 Å². The Hall–Kier alpha value is -1.13. The molecule has 0 spiro atoms. The van der Waals surface area contributed by atoms with Gasteiger partial charge in [0.2, 0.25) is 0 Å². The van der Waals surface area contributed by atoms with Crippen LogP contribution in [0.5, 0.6) is 0 Å². The van der Waals surface area contributed by atoms with Gasteiger partial charge in [0.25, 0.3) is 0 Å². The first-order valence-corrected chi connectivity index (χ1v) is 7.19. The second-order valence-electron chi connectivity index (χ2n) is 6.16. The number of pyridine rings is 1. The van der Waals surface area contributed by atoms with Gasteiger partial charge in [-0.05, 0) is 32.8 Å². The molecular formula is C15H23N3O. The van der Waals surface area contributed by atoms with Gasteiger partial charge in [-0.1, -0.05) is 6.07 Å². The number of hydrogen-bond acceptors (Lipinski definition) is 4. The molecule has 2 fully saturated rings. The van der Waals surface area contributed by atoms with Crippen molar-refractivity contribution < 1.29 is 4.74 Å². The molecule has 0 radical (unpaired) electrons. The fourth-order valence-electron chi connectivity index (χ4n) is 2.60. The minimum Gasteiger partial charge on any atom is -0.377 e. The average Bonchev–Trinajstić information content (AvgIpc) is 3.20. The van der Waals surface area contributed by atoms with Crippen molar-refractivity contribution in [3.05, 3.63) is 23.9 Å². The van der Waals surface area contributed by atoms with Gasteiger partial charge >= 0.3 is 0 Å². The first-order chi connectivity index (χ1) is 9.17. The van der Waals surface area contributed by atoms with Crippen molar-refractivity contribution in [3.63, 3.8) is 0 Å². The Kier molecular flexibility index (Phi) is 3.46. The summed E-state index contributed by atoms with van der Waals surface area (Å²) in [4.78, 5) is 7.02. The van der Waals surface area contributed by atoms with E-state index < -0.39 is 0 Å². The summed E-state index contributed by atoms with van der Waals surface area (Å²) < 4.78 is 5.60. The zero-order valence-electron chi connectivity index (χ0n) is 11.9. The first kappa shape index (κ1) is 12.9. The van der Waals surface area contributed by atoms with Gasteiger partial charge in [0, 0.05) is 30.9 Å². The van der Waals surface area contributed by atoms with Gasteiger partial charge in [0.05, 0.1) is 18.8 Å². The second-order valence-corrected chi connectivity index (χ2v) is 6.16. The minimum absolute atomic E-state index is 0.0148. The number of anilines is 1. The van der Waals surface area contributed by atoms with E-state index in [1.165, 1.54) is 18.4 Å². The highest BCUT2D eigenvalue weighted by Crippen LogP contribution is 2.28. The molecule has 2 aliphatic rings. The zero-order chi connectivity index (χ0) is 13.3. The quantitative estimate of drug-likeness (QED) is 0.899. The van der Waals surface area contributed by atoms with Crippen LogP contribution in [0, 0.1) is 0 Å². The van der Waals surface area contributed by atoms with Crippen molar-refractivity contribution in [3.8, 4) is 0 Å². The highest BCUT2D eigenvalue weighted by molar-refractivity contribution is 5.49. The maximum Gasteiger partial charge on any atom is 0.133 e. The monoisotopic (exact) mass is 261 g/mol. The smallest absolute Gasteiger partial charge is 0.133 e. The van der Waals surface area contributed by atoms with Gasteiger partial charge in [0.1, 0.15) is 5.82 Å². The first-order valence-electron chi connectivity index (χ1n) is 7.19. The molecule has 4 nitrogen and oxygen atoms in total. The molecule has 1 N–H and O–H groups in total. The van der Waals surface area contributed by atoms with Crippen molar-refractivity contribution >= 4 is 5.82 Å². The summed E-state index contributed by atoms with van der Waals surface area (Å²) in [5.74, 6) is 1.11. The van der Waals surface area contributed by atoms with Crippen LogP contribution in [0.3, 0.4) is 0 Å². The number of nitrogens with one attached hydrogen (secondary N) is 1. The summed E-state index contributed by atoms with van der Waals surface area (Å²) in [6.07, 6.45) is 4.53. The highest BCUT2D eigenvalue weighted by Gasteiger charge is 2.32. The van der Waals surface area contributed by atoms with E-state index in [1.807, 2.05) is 12.3 Å². The molecule has 1 aliphatic heterocycles. The second kappa shape index (κ2) is 5.10. The minimum atomic E-state index is 0.0148. The van der Waals surface area contributed by atoms with Crippen LogP contribution < -0.4 is 10.2 Å². The van der Waals surface area contributed by atoms with Crippen LogP contribution >= 0.6 is 0 Å². The fourth-order valence-corrected chi connectivity index (χ4v) is 2.60. The fraction of sp³-hybridized carbons (Fsp3) is 0.667. The summed E-state index contributed by atoms with van der Waals surface area (Å²) in [6.45, 7) is 7.83. The number of aromatic nitrogens is 1. The molecule has 19 heavy (non-hydrogen) atoms. The maximum atomic E-state index is 5.60. The summed E-state index contributed by atoms with van der Waals surface area (Å²) >= 11 is 0. The number of nitrogens with zero attached hydrogens (tertiary/aromatic N) is 2. The Bertz CT molecular complexity index is 443. The molecule has 1 aromatic heterocycles. The molecule has 1 aliphatic carbocycles. The molecule has 1 aromatic rings. The van der Waals surface area contributed by atoms with E-state index in [4.69, 9.17) is 4.74 Å².